The van der Waals surface area contributed by atoms with Crippen LogP contribution in [0.15, 0.2) is 77.7 Å². The van der Waals surface area contributed by atoms with E-state index in [0.717, 1.165) is 21.9 Å². The molecule has 3 aromatic carbocycles. The summed E-state index contributed by atoms with van der Waals surface area (Å²) in [5.74, 6) is -0.263. The molecule has 0 heterocycles. The van der Waals surface area contributed by atoms with Gasteiger partial charge < -0.3 is 15.0 Å². The van der Waals surface area contributed by atoms with Gasteiger partial charge >= 0.3 is 0 Å². The first-order valence-corrected chi connectivity index (χ1v) is 15.4. The molecule has 10 heteroatoms. The van der Waals surface area contributed by atoms with Crippen molar-refractivity contribution in [3.05, 3.63) is 88.9 Å². The van der Waals surface area contributed by atoms with Gasteiger partial charge in [-0.25, -0.2) is 8.42 Å². The Morgan fingerprint density at radius 1 is 0.976 bits per heavy atom. The standard InChI is InChI=1S/C31H38ClN3O5S/c1-6-23(4)33-31(37)24(5)34(20-25-10-8-9-22(3)19-25)30(36)21-35(27-13-15-28(16-14-27)40-7-2)41(38,39)29-17-11-26(32)12-18-29/h8-19,23-24H,6-7,20-21H2,1-5H3,(H,33,37)/t23-,24+/m1/s1. The van der Waals surface area contributed by atoms with Gasteiger partial charge in [0, 0.05) is 17.6 Å². The summed E-state index contributed by atoms with van der Waals surface area (Å²) >= 11 is 6.01. The monoisotopic (exact) mass is 599 g/mol. The van der Waals surface area contributed by atoms with E-state index in [2.05, 4.69) is 5.32 Å². The summed E-state index contributed by atoms with van der Waals surface area (Å²) in [6.07, 6.45) is 0.731. The number of aryl methyl sites for hydroxylation is 1. The molecule has 3 rings (SSSR count). The summed E-state index contributed by atoms with van der Waals surface area (Å²) in [6.45, 7) is 9.37. The molecule has 1 N–H and O–H groups in total. The van der Waals surface area contributed by atoms with E-state index in [9.17, 15) is 18.0 Å². The number of hydrogen-bond acceptors (Lipinski definition) is 5. The van der Waals surface area contributed by atoms with Crippen molar-refractivity contribution in [3.63, 3.8) is 0 Å². The zero-order valence-electron chi connectivity index (χ0n) is 24.1. The highest BCUT2D eigenvalue weighted by Gasteiger charge is 2.32. The predicted octanol–water partition coefficient (Wildman–Crippen LogP) is 5.57. The largest absolute Gasteiger partial charge is 0.494 e. The van der Waals surface area contributed by atoms with Gasteiger partial charge in [-0.3, -0.25) is 13.9 Å². The van der Waals surface area contributed by atoms with Gasteiger partial charge in [0.15, 0.2) is 0 Å². The van der Waals surface area contributed by atoms with Gasteiger partial charge in [-0.15, -0.1) is 0 Å². The third kappa shape index (κ3) is 8.47. The molecule has 220 valence electrons. The molecule has 0 spiro atoms. The Balaban J connectivity index is 2.03. The fraction of sp³-hybridized carbons (Fsp3) is 0.355. The number of rotatable bonds is 13. The lowest BCUT2D eigenvalue weighted by Crippen LogP contribution is -2.52. The molecule has 41 heavy (non-hydrogen) atoms. The molecule has 0 aromatic heterocycles. The van der Waals surface area contributed by atoms with E-state index in [1.54, 1.807) is 31.2 Å². The van der Waals surface area contributed by atoms with Crippen LogP contribution in [0.5, 0.6) is 5.75 Å². The Morgan fingerprint density at radius 3 is 2.22 bits per heavy atom. The Labute approximate surface area is 248 Å². The molecule has 0 saturated heterocycles. The van der Waals surface area contributed by atoms with Gasteiger partial charge in [0.25, 0.3) is 10.0 Å². The Morgan fingerprint density at radius 2 is 1.63 bits per heavy atom. The molecule has 0 radical (unpaired) electrons. The number of halogens is 1. The molecule has 0 fully saturated rings. The van der Waals surface area contributed by atoms with E-state index >= 15 is 0 Å². The van der Waals surface area contributed by atoms with Crippen molar-refractivity contribution in [2.24, 2.45) is 0 Å². The Bertz CT molecular complexity index is 1430. The van der Waals surface area contributed by atoms with Crippen molar-refractivity contribution in [2.45, 2.75) is 64.6 Å². The molecule has 0 aliphatic rings. The van der Waals surface area contributed by atoms with E-state index in [0.29, 0.717) is 17.4 Å². The molecule has 8 nitrogen and oxygen atoms in total. The molecular weight excluding hydrogens is 562 g/mol. The van der Waals surface area contributed by atoms with Crippen molar-refractivity contribution in [1.29, 1.82) is 0 Å². The van der Waals surface area contributed by atoms with E-state index in [-0.39, 0.29) is 29.1 Å². The number of ether oxygens (including phenoxy) is 1. The van der Waals surface area contributed by atoms with Crippen molar-refractivity contribution < 1.29 is 22.7 Å². The Kier molecular flexibility index (Phi) is 11.2. The molecule has 0 saturated carbocycles. The fourth-order valence-electron chi connectivity index (χ4n) is 4.19. The van der Waals surface area contributed by atoms with Gasteiger partial charge in [-0.05, 0) is 88.2 Å². The van der Waals surface area contributed by atoms with Crippen LogP contribution in [-0.4, -0.2) is 50.4 Å². The van der Waals surface area contributed by atoms with Crippen LogP contribution < -0.4 is 14.4 Å². The minimum atomic E-state index is -4.19. The van der Waals surface area contributed by atoms with Gasteiger partial charge in [0.1, 0.15) is 18.3 Å². The number of sulfonamides is 1. The fourth-order valence-corrected chi connectivity index (χ4v) is 5.73. The molecule has 0 aliphatic carbocycles. The first kappa shape index (κ1) is 32.0. The highest BCUT2D eigenvalue weighted by molar-refractivity contribution is 7.92. The van der Waals surface area contributed by atoms with Crippen molar-refractivity contribution in [2.75, 3.05) is 17.5 Å². The summed E-state index contributed by atoms with van der Waals surface area (Å²) < 4.78 is 34.4. The molecular formula is C31H38ClN3O5S. The molecule has 0 unspecified atom stereocenters. The third-order valence-electron chi connectivity index (χ3n) is 6.72. The summed E-state index contributed by atoms with van der Waals surface area (Å²) in [5.41, 5.74) is 2.12. The zero-order valence-corrected chi connectivity index (χ0v) is 25.7. The minimum Gasteiger partial charge on any atom is -0.494 e. The average molecular weight is 600 g/mol. The summed E-state index contributed by atoms with van der Waals surface area (Å²) in [5, 5.41) is 3.32. The number of nitrogens with one attached hydrogen (secondary N) is 1. The zero-order chi connectivity index (χ0) is 30.2. The van der Waals surface area contributed by atoms with Crippen molar-refractivity contribution >= 4 is 39.1 Å². The highest BCUT2D eigenvalue weighted by Crippen LogP contribution is 2.27. The quantitative estimate of drug-likeness (QED) is 0.277. The summed E-state index contributed by atoms with van der Waals surface area (Å²) in [6, 6.07) is 19.0. The number of hydrogen-bond donors (Lipinski definition) is 1. The topological polar surface area (TPSA) is 96.0 Å². The molecule has 2 amide bonds. The highest BCUT2D eigenvalue weighted by atomic mass is 35.5. The van der Waals surface area contributed by atoms with E-state index in [1.807, 2.05) is 52.0 Å². The van der Waals surface area contributed by atoms with Crippen LogP contribution in [0, 0.1) is 6.92 Å². The van der Waals surface area contributed by atoms with E-state index in [1.165, 1.54) is 29.2 Å². The van der Waals surface area contributed by atoms with Crippen LogP contribution in [0.25, 0.3) is 0 Å². The van der Waals surface area contributed by atoms with Crippen molar-refractivity contribution in [1.82, 2.24) is 10.2 Å². The maximum Gasteiger partial charge on any atom is 0.264 e. The lowest BCUT2D eigenvalue weighted by Gasteiger charge is -2.32. The van der Waals surface area contributed by atoms with Crippen LogP contribution in [0.2, 0.25) is 5.02 Å². The lowest BCUT2D eigenvalue weighted by molar-refractivity contribution is -0.139. The minimum absolute atomic E-state index is 0.0172. The average Bonchev–Trinajstić information content (AvgIpc) is 2.95. The second-order valence-corrected chi connectivity index (χ2v) is 12.2. The Hall–Kier alpha value is -3.56. The van der Waals surface area contributed by atoms with Crippen LogP contribution in [-0.2, 0) is 26.2 Å². The van der Waals surface area contributed by atoms with Crippen LogP contribution >= 0.6 is 11.6 Å². The number of anilines is 1. The van der Waals surface area contributed by atoms with Gasteiger partial charge in [0.05, 0.1) is 17.2 Å². The normalized spacial score (nSPS) is 12.7. The van der Waals surface area contributed by atoms with Crippen molar-refractivity contribution in [3.8, 4) is 5.75 Å². The predicted molar refractivity (Wildman–Crippen MR) is 163 cm³/mol. The molecule has 0 aliphatic heterocycles. The van der Waals surface area contributed by atoms with Gasteiger partial charge in [0.2, 0.25) is 11.8 Å². The molecule has 0 bridgehead atoms. The lowest BCUT2D eigenvalue weighted by atomic mass is 10.1. The maximum absolute atomic E-state index is 14.0. The van der Waals surface area contributed by atoms with E-state index < -0.39 is 28.5 Å². The number of carbonyl (C=O) groups excluding carboxylic acids is 2. The summed E-state index contributed by atoms with van der Waals surface area (Å²) in [4.78, 5) is 28.6. The second kappa shape index (κ2) is 14.4. The van der Waals surface area contributed by atoms with Gasteiger partial charge in [-0.2, -0.15) is 0 Å². The SMILES string of the molecule is CCOc1ccc(N(CC(=O)N(Cc2cccc(C)c2)[C@@H](C)C(=O)N[C@H](C)CC)S(=O)(=O)c2ccc(Cl)cc2)cc1. The van der Waals surface area contributed by atoms with Crippen LogP contribution in [0.4, 0.5) is 5.69 Å². The number of amides is 2. The smallest absolute Gasteiger partial charge is 0.264 e. The second-order valence-electron chi connectivity index (χ2n) is 9.90. The van der Waals surface area contributed by atoms with Crippen LogP contribution in [0.1, 0.15) is 45.2 Å². The number of carbonyl (C=O) groups is 2. The van der Waals surface area contributed by atoms with Gasteiger partial charge in [-0.1, -0.05) is 48.4 Å². The molecule has 2 atom stereocenters. The summed E-state index contributed by atoms with van der Waals surface area (Å²) in [7, 11) is -4.19. The van der Waals surface area contributed by atoms with Crippen LogP contribution in [0.3, 0.4) is 0 Å². The maximum atomic E-state index is 14.0. The first-order chi connectivity index (χ1) is 19.5. The number of benzene rings is 3. The third-order valence-corrected chi connectivity index (χ3v) is 8.76. The molecule has 3 aromatic rings. The number of nitrogens with zero attached hydrogens (tertiary/aromatic N) is 2. The first-order valence-electron chi connectivity index (χ1n) is 13.6. The van der Waals surface area contributed by atoms with E-state index in [4.69, 9.17) is 16.3 Å².